The highest BCUT2D eigenvalue weighted by Crippen LogP contribution is 2.32. The maximum atomic E-state index is 10.8. The van der Waals surface area contributed by atoms with E-state index in [4.69, 9.17) is 4.74 Å². The van der Waals surface area contributed by atoms with Crippen LogP contribution in [0.5, 0.6) is 0 Å². The number of thiophene rings is 1. The van der Waals surface area contributed by atoms with Gasteiger partial charge in [-0.15, -0.1) is 0 Å². The summed E-state index contributed by atoms with van der Waals surface area (Å²) in [6.07, 6.45) is 1.41. The molecule has 2 heterocycles. The van der Waals surface area contributed by atoms with E-state index in [1.165, 1.54) is 12.4 Å². The van der Waals surface area contributed by atoms with Crippen LogP contribution in [0.15, 0.2) is 12.4 Å². The topological polar surface area (TPSA) is 102 Å². The third-order valence-corrected chi connectivity index (χ3v) is 3.57. The fraction of sp³-hybridized carbons (Fsp3) is 0.455. The van der Waals surface area contributed by atoms with Crippen molar-refractivity contribution in [1.29, 1.82) is 0 Å². The molecule has 8 nitrogen and oxygen atoms in total. The van der Waals surface area contributed by atoms with Crippen molar-refractivity contribution in [3.05, 3.63) is 22.5 Å². The summed E-state index contributed by atoms with van der Waals surface area (Å²) >= 11 is 1.05. The van der Waals surface area contributed by atoms with Crippen LogP contribution in [-0.4, -0.2) is 48.2 Å². The van der Waals surface area contributed by atoms with Gasteiger partial charge in [-0.1, -0.05) is 0 Å². The molecule has 0 atom stereocenters. The van der Waals surface area contributed by atoms with Crippen molar-refractivity contribution in [2.45, 2.75) is 0 Å². The van der Waals surface area contributed by atoms with E-state index in [0.717, 1.165) is 24.4 Å². The van der Waals surface area contributed by atoms with Crippen molar-refractivity contribution in [3.8, 4) is 0 Å². The van der Waals surface area contributed by atoms with Crippen LogP contribution in [0.25, 0.3) is 10.2 Å². The van der Waals surface area contributed by atoms with Crippen molar-refractivity contribution >= 4 is 32.4 Å². The Bertz CT molecular complexity index is 588. The summed E-state index contributed by atoms with van der Waals surface area (Å²) in [5.74, 6) is 0.618. The maximum Gasteiger partial charge on any atom is 0.326 e. The lowest BCUT2D eigenvalue weighted by atomic mass is 10.3. The van der Waals surface area contributed by atoms with Gasteiger partial charge in [0.2, 0.25) is 0 Å². The molecule has 2 N–H and O–H groups in total. The summed E-state index contributed by atoms with van der Waals surface area (Å²) < 4.78 is 4.92. The van der Waals surface area contributed by atoms with Gasteiger partial charge < -0.3 is 15.4 Å². The molecule has 0 aliphatic heterocycles. The van der Waals surface area contributed by atoms with Gasteiger partial charge in [-0.3, -0.25) is 10.1 Å². The van der Waals surface area contributed by atoms with Crippen molar-refractivity contribution < 1.29 is 9.66 Å². The first-order chi connectivity index (χ1) is 9.72. The minimum atomic E-state index is -0.414. The molecule has 0 amide bonds. The van der Waals surface area contributed by atoms with Gasteiger partial charge in [-0.05, 0) is 11.3 Å². The zero-order chi connectivity index (χ0) is 14.4. The van der Waals surface area contributed by atoms with Crippen molar-refractivity contribution in [2.24, 2.45) is 0 Å². The van der Waals surface area contributed by atoms with Crippen LogP contribution in [0.1, 0.15) is 0 Å². The van der Waals surface area contributed by atoms with Crippen LogP contribution in [0, 0.1) is 10.1 Å². The van der Waals surface area contributed by atoms with Gasteiger partial charge in [-0.25, -0.2) is 9.97 Å². The molecule has 0 saturated carbocycles. The van der Waals surface area contributed by atoms with Gasteiger partial charge in [0, 0.05) is 32.8 Å². The summed E-state index contributed by atoms with van der Waals surface area (Å²) in [5.41, 5.74) is 0. The Morgan fingerprint density at radius 2 is 2.25 bits per heavy atom. The van der Waals surface area contributed by atoms with E-state index >= 15 is 0 Å². The number of nitrogens with one attached hydrogen (secondary N) is 2. The predicted molar refractivity (Wildman–Crippen MR) is 77.3 cm³/mol. The molecule has 0 bridgehead atoms. The smallest absolute Gasteiger partial charge is 0.326 e. The van der Waals surface area contributed by atoms with E-state index in [1.54, 1.807) is 7.11 Å². The Morgan fingerprint density at radius 3 is 3.00 bits per heavy atom. The van der Waals surface area contributed by atoms with E-state index in [-0.39, 0.29) is 5.00 Å². The van der Waals surface area contributed by atoms with Crippen LogP contribution in [0.2, 0.25) is 0 Å². The number of nitrogens with zero attached hydrogens (tertiary/aromatic N) is 3. The monoisotopic (exact) mass is 297 g/mol. The van der Waals surface area contributed by atoms with Crippen LogP contribution in [-0.2, 0) is 4.74 Å². The predicted octanol–water partition coefficient (Wildman–Crippen LogP) is 1.25. The Morgan fingerprint density at radius 1 is 1.40 bits per heavy atom. The van der Waals surface area contributed by atoms with E-state index in [9.17, 15) is 10.1 Å². The molecule has 2 aromatic heterocycles. The van der Waals surface area contributed by atoms with Gasteiger partial charge in [0.1, 0.15) is 17.0 Å². The first kappa shape index (κ1) is 14.6. The van der Waals surface area contributed by atoms with Crippen molar-refractivity contribution in [1.82, 2.24) is 15.3 Å². The number of hydrogen-bond acceptors (Lipinski definition) is 8. The number of hydrogen-bond donors (Lipinski definition) is 2. The summed E-state index contributed by atoms with van der Waals surface area (Å²) in [7, 11) is 1.65. The van der Waals surface area contributed by atoms with Crippen LogP contribution < -0.4 is 10.6 Å². The number of aromatic nitrogens is 2. The minimum absolute atomic E-state index is 0.0711. The molecule has 0 aliphatic rings. The van der Waals surface area contributed by atoms with E-state index < -0.39 is 4.92 Å². The van der Waals surface area contributed by atoms with Gasteiger partial charge in [0.05, 0.1) is 16.9 Å². The van der Waals surface area contributed by atoms with E-state index in [1.807, 2.05) is 0 Å². The molecule has 9 heteroatoms. The third kappa shape index (κ3) is 3.59. The lowest BCUT2D eigenvalue weighted by Gasteiger charge is -2.07. The van der Waals surface area contributed by atoms with E-state index in [0.29, 0.717) is 29.2 Å². The number of methoxy groups -OCH3 is 1. The fourth-order valence-electron chi connectivity index (χ4n) is 1.64. The lowest BCUT2D eigenvalue weighted by Crippen LogP contribution is -2.25. The highest BCUT2D eigenvalue weighted by molar-refractivity contribution is 7.21. The molecule has 2 rings (SSSR count). The second-order valence-corrected chi connectivity index (χ2v) is 4.96. The molecule has 0 aromatic carbocycles. The fourth-order valence-corrected chi connectivity index (χ4v) is 2.46. The SMILES string of the molecule is COCCNCCNc1ncnc2sc([N+](=O)[O-])cc12. The number of ether oxygens (including phenoxy) is 1. The molecule has 0 radical (unpaired) electrons. The molecular weight excluding hydrogens is 282 g/mol. The van der Waals surface area contributed by atoms with Crippen molar-refractivity contribution in [2.75, 3.05) is 38.7 Å². The van der Waals surface area contributed by atoms with Crippen molar-refractivity contribution in [3.63, 3.8) is 0 Å². The second kappa shape index (κ2) is 7.08. The summed E-state index contributed by atoms with van der Waals surface area (Å²) in [5, 5.41) is 17.9. The molecule has 108 valence electrons. The Hall–Kier alpha value is -1.84. The first-order valence-corrected chi connectivity index (χ1v) is 6.86. The van der Waals surface area contributed by atoms with Gasteiger partial charge in [0.25, 0.3) is 0 Å². The number of fused-ring (bicyclic) bond motifs is 1. The second-order valence-electron chi connectivity index (χ2n) is 3.95. The van der Waals surface area contributed by atoms with E-state index in [2.05, 4.69) is 20.6 Å². The first-order valence-electron chi connectivity index (χ1n) is 6.05. The zero-order valence-corrected chi connectivity index (χ0v) is 11.8. The molecular formula is C11H15N5O3S. The molecule has 0 saturated heterocycles. The average molecular weight is 297 g/mol. The minimum Gasteiger partial charge on any atom is -0.383 e. The lowest BCUT2D eigenvalue weighted by molar-refractivity contribution is -0.380. The number of anilines is 1. The summed E-state index contributed by atoms with van der Waals surface area (Å²) in [6.45, 7) is 2.86. The Labute approximate surface area is 119 Å². The quantitative estimate of drug-likeness (QED) is 0.429. The largest absolute Gasteiger partial charge is 0.383 e. The molecule has 2 aromatic rings. The normalized spacial score (nSPS) is 10.8. The molecule has 20 heavy (non-hydrogen) atoms. The van der Waals surface area contributed by atoms with Gasteiger partial charge in [0.15, 0.2) is 0 Å². The van der Waals surface area contributed by atoms with Gasteiger partial charge in [-0.2, -0.15) is 0 Å². The van der Waals surface area contributed by atoms with Crippen LogP contribution in [0.3, 0.4) is 0 Å². The Kier molecular flexibility index (Phi) is 5.16. The average Bonchev–Trinajstić information content (AvgIpc) is 2.87. The summed E-state index contributed by atoms with van der Waals surface area (Å²) in [6, 6.07) is 1.50. The Balaban J connectivity index is 1.97. The third-order valence-electron chi connectivity index (χ3n) is 2.57. The van der Waals surface area contributed by atoms with Crippen LogP contribution in [0.4, 0.5) is 10.8 Å². The highest BCUT2D eigenvalue weighted by atomic mass is 32.1. The molecule has 0 spiro atoms. The maximum absolute atomic E-state index is 10.8. The highest BCUT2D eigenvalue weighted by Gasteiger charge is 2.15. The van der Waals surface area contributed by atoms with Gasteiger partial charge >= 0.3 is 5.00 Å². The standard InChI is InChI=1S/C11H15N5O3S/c1-19-5-4-12-2-3-13-10-8-6-9(16(17)18)20-11(8)15-7-14-10/h6-7,12H,2-5H2,1H3,(H,13,14,15). The molecule has 0 unspecified atom stereocenters. The molecule has 0 fully saturated rings. The zero-order valence-electron chi connectivity index (χ0n) is 11.0. The van der Waals surface area contributed by atoms with Crippen LogP contribution >= 0.6 is 11.3 Å². The number of rotatable bonds is 8. The molecule has 0 aliphatic carbocycles. The number of nitro groups is 1. The summed E-state index contributed by atoms with van der Waals surface area (Å²) in [4.78, 5) is 19.1.